The molecule has 13 heteroatoms. The first-order chi connectivity index (χ1) is 20.8. The summed E-state index contributed by atoms with van der Waals surface area (Å²) in [5, 5.41) is 9.62. The number of amides is 1. The summed E-state index contributed by atoms with van der Waals surface area (Å²) >= 11 is 3.34. The van der Waals surface area contributed by atoms with Crippen molar-refractivity contribution >= 4 is 74.2 Å². The number of ether oxygens (including phenoxy) is 2. The van der Waals surface area contributed by atoms with Gasteiger partial charge in [-0.25, -0.2) is 18.5 Å². The molecule has 4 N–H and O–H groups in total. The first kappa shape index (κ1) is 29.6. The van der Waals surface area contributed by atoms with Gasteiger partial charge in [-0.2, -0.15) is 0 Å². The van der Waals surface area contributed by atoms with Gasteiger partial charge in [0.05, 0.1) is 37.5 Å². The van der Waals surface area contributed by atoms with E-state index in [4.69, 9.17) is 31.0 Å². The van der Waals surface area contributed by atoms with Crippen LogP contribution in [0, 0.1) is 0 Å². The van der Waals surface area contributed by atoms with Crippen molar-refractivity contribution in [3.8, 4) is 11.5 Å². The van der Waals surface area contributed by atoms with Gasteiger partial charge in [0.25, 0.3) is 11.3 Å². The Morgan fingerprint density at radius 3 is 2.19 bits per heavy atom. The molecule has 0 aliphatic heterocycles. The maximum Gasteiger partial charge on any atom is 0.268 e. The molecule has 1 aromatic heterocycles. The quantitative estimate of drug-likeness (QED) is 0.124. The number of anilines is 6. The maximum atomic E-state index is 12.9. The summed E-state index contributed by atoms with van der Waals surface area (Å²) in [7, 11) is 3.08. The molecule has 0 aliphatic rings. The summed E-state index contributed by atoms with van der Waals surface area (Å²) in [4.78, 5) is 22.1. The van der Waals surface area contributed by atoms with Crippen LogP contribution in [0.1, 0.15) is 0 Å². The molecule has 1 atom stereocenters. The fraction of sp³-hybridized carbons (Fsp3) is 0.100. The fourth-order valence-corrected chi connectivity index (χ4v) is 4.88. The van der Waals surface area contributed by atoms with Crippen LogP contribution in [0.4, 0.5) is 34.4 Å². The maximum absolute atomic E-state index is 12.9. The van der Waals surface area contributed by atoms with Crippen LogP contribution in [0.2, 0.25) is 5.02 Å². The highest BCUT2D eigenvalue weighted by molar-refractivity contribution is 7.81. The zero-order chi connectivity index (χ0) is 30.3. The van der Waals surface area contributed by atoms with E-state index < -0.39 is 11.3 Å². The molecule has 11 nitrogen and oxygen atoms in total. The van der Waals surface area contributed by atoms with Gasteiger partial charge in [-0.15, -0.1) is 0 Å². The van der Waals surface area contributed by atoms with Gasteiger partial charge < -0.3 is 25.4 Å². The van der Waals surface area contributed by atoms with Crippen molar-refractivity contribution in [3.05, 3.63) is 96.0 Å². The molecule has 0 saturated heterocycles. The number of carbonyl (C=O) groups excluding carboxylic acids is 1. The molecule has 0 radical (unpaired) electrons. The summed E-state index contributed by atoms with van der Waals surface area (Å²) in [6.45, 7) is -0.00424. The predicted molar refractivity (Wildman–Crippen MR) is 170 cm³/mol. The number of halogens is 1. The number of nitrogens with zero attached hydrogens (tertiary/aromatic N) is 3. The van der Waals surface area contributed by atoms with Crippen molar-refractivity contribution in [1.82, 2.24) is 9.97 Å². The molecule has 1 amide bonds. The van der Waals surface area contributed by atoms with Crippen LogP contribution in [0.25, 0.3) is 11.0 Å². The Labute approximate surface area is 255 Å². The van der Waals surface area contributed by atoms with Crippen LogP contribution >= 0.6 is 11.6 Å². The lowest BCUT2D eigenvalue weighted by molar-refractivity contribution is -0.114. The average Bonchev–Trinajstić information content (AvgIpc) is 3.01. The average molecular weight is 619 g/mol. The van der Waals surface area contributed by atoms with Gasteiger partial charge in [0.2, 0.25) is 5.91 Å². The molecule has 5 rings (SSSR count). The van der Waals surface area contributed by atoms with Gasteiger partial charge in [-0.1, -0.05) is 29.8 Å². The number of hydrogen-bond donors (Lipinski definition) is 4. The molecule has 1 unspecified atom stereocenters. The predicted octanol–water partition coefficient (Wildman–Crippen LogP) is 6.37. The minimum Gasteiger partial charge on any atom is -0.497 e. The van der Waals surface area contributed by atoms with E-state index >= 15 is 0 Å². The first-order valence-corrected chi connectivity index (χ1v) is 14.3. The number of benzene rings is 4. The van der Waals surface area contributed by atoms with Crippen molar-refractivity contribution in [2.75, 3.05) is 41.0 Å². The van der Waals surface area contributed by atoms with Gasteiger partial charge >= 0.3 is 0 Å². The van der Waals surface area contributed by atoms with Gasteiger partial charge in [-0.05, 0) is 54.6 Å². The Morgan fingerprint density at radius 2 is 1.53 bits per heavy atom. The third kappa shape index (κ3) is 7.30. The van der Waals surface area contributed by atoms with Crippen LogP contribution in [-0.2, 0) is 16.1 Å². The van der Waals surface area contributed by atoms with Crippen molar-refractivity contribution in [3.63, 3.8) is 0 Å². The molecule has 0 spiro atoms. The van der Waals surface area contributed by atoms with Crippen LogP contribution in [0.5, 0.6) is 11.5 Å². The molecule has 0 bridgehead atoms. The Morgan fingerprint density at radius 1 is 0.860 bits per heavy atom. The smallest absolute Gasteiger partial charge is 0.268 e. The van der Waals surface area contributed by atoms with Crippen LogP contribution < -0.4 is 29.7 Å². The molecule has 0 saturated carbocycles. The van der Waals surface area contributed by atoms with Gasteiger partial charge in [0, 0.05) is 40.3 Å². The second-order valence-corrected chi connectivity index (χ2v) is 10.4. The number of para-hydroxylation sites is 2. The first-order valence-electron chi connectivity index (χ1n) is 12.9. The minimum absolute atomic E-state index is 0.00424. The van der Waals surface area contributed by atoms with E-state index in [1.54, 1.807) is 84.9 Å². The number of rotatable bonds is 11. The van der Waals surface area contributed by atoms with Crippen molar-refractivity contribution < 1.29 is 23.0 Å². The fourth-order valence-electron chi connectivity index (χ4n) is 4.18. The standard InChI is InChI=1S/C30H27ClN6O5S/c1-41-24-15-22(16-25(17-24)42-2)34-29-30(36-27-9-4-3-8-26(27)35-29)37(43(39)40)23-7-5-6-21(14-23)33-28(38)18-32-20-12-10-19(31)11-13-20/h3-17,32H,18H2,1-2H3,(H,33,38)(H,34,35)(H,39,40). The van der Waals surface area contributed by atoms with E-state index in [1.165, 1.54) is 14.2 Å². The van der Waals surface area contributed by atoms with E-state index in [-0.39, 0.29) is 24.1 Å². The Balaban J connectivity index is 1.47. The van der Waals surface area contributed by atoms with Gasteiger partial charge in [0.15, 0.2) is 11.6 Å². The highest BCUT2D eigenvalue weighted by Gasteiger charge is 2.23. The molecule has 43 heavy (non-hydrogen) atoms. The van der Waals surface area contributed by atoms with Crippen molar-refractivity contribution in [2.45, 2.75) is 0 Å². The van der Waals surface area contributed by atoms with E-state index in [9.17, 15) is 13.6 Å². The SMILES string of the molecule is COc1cc(Nc2nc3ccccc3nc2N(c2cccc(NC(=O)CNc3ccc(Cl)cc3)c2)S(=O)O)cc(OC)c1. The number of methoxy groups -OCH3 is 2. The van der Waals surface area contributed by atoms with Crippen molar-refractivity contribution in [2.24, 2.45) is 0 Å². The minimum atomic E-state index is -2.57. The lowest BCUT2D eigenvalue weighted by atomic mass is 10.2. The molecule has 5 aromatic rings. The monoisotopic (exact) mass is 618 g/mol. The Bertz CT molecular complexity index is 1770. The second-order valence-electron chi connectivity index (χ2n) is 9.09. The van der Waals surface area contributed by atoms with Crippen LogP contribution in [-0.4, -0.2) is 45.4 Å². The molecule has 1 heterocycles. The number of carbonyl (C=O) groups is 1. The number of hydrogen-bond acceptors (Lipinski definition) is 8. The summed E-state index contributed by atoms with van der Waals surface area (Å²) < 4.78 is 35.2. The lowest BCUT2D eigenvalue weighted by Gasteiger charge is -2.23. The highest BCUT2D eigenvalue weighted by atomic mass is 35.5. The third-order valence-corrected chi connectivity index (χ3v) is 7.12. The zero-order valence-electron chi connectivity index (χ0n) is 23.1. The second kappa shape index (κ2) is 13.4. The molecule has 0 aliphatic carbocycles. The summed E-state index contributed by atoms with van der Waals surface area (Å²) in [5.74, 6) is 1.04. The lowest BCUT2D eigenvalue weighted by Crippen LogP contribution is -2.23. The molecule has 0 fully saturated rings. The van der Waals surface area contributed by atoms with Crippen LogP contribution in [0.3, 0.4) is 0 Å². The Kier molecular flexibility index (Phi) is 9.20. The summed E-state index contributed by atoms with van der Waals surface area (Å²) in [5.41, 5.74) is 3.08. The zero-order valence-corrected chi connectivity index (χ0v) is 24.6. The highest BCUT2D eigenvalue weighted by Crippen LogP contribution is 2.36. The van der Waals surface area contributed by atoms with Crippen molar-refractivity contribution in [1.29, 1.82) is 0 Å². The van der Waals surface area contributed by atoms with E-state index in [1.807, 2.05) is 6.07 Å². The number of fused-ring (bicyclic) bond motifs is 1. The van der Waals surface area contributed by atoms with Crippen LogP contribution in [0.15, 0.2) is 91.0 Å². The summed E-state index contributed by atoms with van der Waals surface area (Å²) in [6.07, 6.45) is 0. The molecule has 4 aromatic carbocycles. The number of nitrogens with one attached hydrogen (secondary N) is 3. The summed E-state index contributed by atoms with van der Waals surface area (Å²) in [6, 6.07) is 25.9. The topological polar surface area (TPSA) is 138 Å². The largest absolute Gasteiger partial charge is 0.497 e. The third-order valence-electron chi connectivity index (χ3n) is 6.18. The molecule has 220 valence electrons. The number of aromatic nitrogens is 2. The normalized spacial score (nSPS) is 11.4. The molecular weight excluding hydrogens is 592 g/mol. The van der Waals surface area contributed by atoms with E-state index in [0.29, 0.717) is 44.6 Å². The van der Waals surface area contributed by atoms with E-state index in [0.717, 1.165) is 9.99 Å². The Hall–Kier alpha value is -4.91. The molecular formula is C30H27ClN6O5S. The van der Waals surface area contributed by atoms with E-state index in [2.05, 4.69) is 16.0 Å². The van der Waals surface area contributed by atoms with Gasteiger partial charge in [0.1, 0.15) is 11.5 Å². The van der Waals surface area contributed by atoms with Gasteiger partial charge in [-0.3, -0.25) is 9.35 Å².